The van der Waals surface area contributed by atoms with Gasteiger partial charge >= 0.3 is 0 Å². The lowest BCUT2D eigenvalue weighted by Crippen LogP contribution is -2.24. The molecule has 0 unspecified atom stereocenters. The maximum Gasteiger partial charge on any atom is 0.257 e. The van der Waals surface area contributed by atoms with E-state index in [0.29, 0.717) is 28.6 Å². The number of carbonyl (C=O) groups excluding carboxylic acids is 1. The highest BCUT2D eigenvalue weighted by Gasteiger charge is 2.21. The molecule has 0 aliphatic rings. The van der Waals surface area contributed by atoms with Crippen LogP contribution < -0.4 is 10.1 Å². The molecule has 3 aromatic rings. The Balaban J connectivity index is 1.84. The van der Waals surface area contributed by atoms with Crippen LogP contribution in [0.5, 0.6) is 5.75 Å². The van der Waals surface area contributed by atoms with Crippen molar-refractivity contribution in [3.8, 4) is 17.0 Å². The second-order valence-electron chi connectivity index (χ2n) is 5.47. The van der Waals surface area contributed by atoms with Gasteiger partial charge in [-0.2, -0.15) is 0 Å². The van der Waals surface area contributed by atoms with Crippen LogP contribution in [-0.4, -0.2) is 18.2 Å². The zero-order valence-corrected chi connectivity index (χ0v) is 14.6. The van der Waals surface area contributed by atoms with E-state index in [1.807, 2.05) is 30.3 Å². The number of nitrogens with zero attached hydrogens (tertiary/aromatic N) is 1. The van der Waals surface area contributed by atoms with Crippen LogP contribution in [0.25, 0.3) is 11.3 Å². The molecule has 1 heterocycles. The Kier molecular flexibility index (Phi) is 5.05. The van der Waals surface area contributed by atoms with Crippen LogP contribution in [0.3, 0.4) is 0 Å². The third kappa shape index (κ3) is 3.67. The summed E-state index contributed by atoms with van der Waals surface area (Å²) >= 11 is 6.04. The molecule has 0 saturated heterocycles. The Morgan fingerprint density at radius 2 is 2.04 bits per heavy atom. The van der Waals surface area contributed by atoms with E-state index < -0.39 is 0 Å². The summed E-state index contributed by atoms with van der Waals surface area (Å²) in [4.78, 5) is 12.7. The summed E-state index contributed by atoms with van der Waals surface area (Å²) in [6.07, 6.45) is 0. The van der Waals surface area contributed by atoms with E-state index in [2.05, 4.69) is 10.5 Å². The van der Waals surface area contributed by atoms with Gasteiger partial charge in [0, 0.05) is 22.7 Å². The molecule has 0 fully saturated rings. The number of methoxy groups -OCH3 is 1. The number of aryl methyl sites for hydroxylation is 1. The van der Waals surface area contributed by atoms with Gasteiger partial charge in [-0.25, -0.2) is 0 Å². The third-order valence-corrected chi connectivity index (χ3v) is 4.05. The van der Waals surface area contributed by atoms with Crippen molar-refractivity contribution in [3.63, 3.8) is 0 Å². The quantitative estimate of drug-likeness (QED) is 0.742. The van der Waals surface area contributed by atoms with Gasteiger partial charge in [0.15, 0.2) is 0 Å². The molecule has 6 heteroatoms. The van der Waals surface area contributed by atoms with Crippen molar-refractivity contribution < 1.29 is 14.1 Å². The Morgan fingerprint density at radius 1 is 1.24 bits per heavy atom. The zero-order valence-electron chi connectivity index (χ0n) is 13.9. The van der Waals surface area contributed by atoms with Crippen molar-refractivity contribution in [1.82, 2.24) is 10.5 Å². The summed E-state index contributed by atoms with van der Waals surface area (Å²) in [5.41, 5.74) is 2.48. The van der Waals surface area contributed by atoms with Gasteiger partial charge in [0.1, 0.15) is 22.8 Å². The lowest BCUT2D eigenvalue weighted by molar-refractivity contribution is 0.0949. The average molecular weight is 357 g/mol. The first-order valence-corrected chi connectivity index (χ1v) is 8.10. The lowest BCUT2D eigenvalue weighted by atomic mass is 10.1. The summed E-state index contributed by atoms with van der Waals surface area (Å²) in [7, 11) is 1.60. The Morgan fingerprint density at radius 3 is 2.80 bits per heavy atom. The van der Waals surface area contributed by atoms with Crippen LogP contribution in [0.1, 0.15) is 21.7 Å². The Hall–Kier alpha value is -2.79. The largest absolute Gasteiger partial charge is 0.496 e. The van der Waals surface area contributed by atoms with E-state index in [0.717, 1.165) is 16.9 Å². The molecule has 1 amide bonds. The highest BCUT2D eigenvalue weighted by atomic mass is 35.5. The number of amides is 1. The van der Waals surface area contributed by atoms with E-state index in [-0.39, 0.29) is 5.91 Å². The van der Waals surface area contributed by atoms with Crippen LogP contribution >= 0.6 is 11.6 Å². The summed E-state index contributed by atoms with van der Waals surface area (Å²) in [5, 5.41) is 7.48. The summed E-state index contributed by atoms with van der Waals surface area (Å²) in [5.74, 6) is 0.909. The van der Waals surface area contributed by atoms with E-state index in [4.69, 9.17) is 20.9 Å². The fraction of sp³-hybridized carbons (Fsp3) is 0.158. The molecule has 0 atom stereocenters. The van der Waals surface area contributed by atoms with E-state index in [1.165, 1.54) is 0 Å². The highest BCUT2D eigenvalue weighted by Crippen LogP contribution is 2.27. The minimum atomic E-state index is -0.264. The van der Waals surface area contributed by atoms with Crippen molar-refractivity contribution >= 4 is 17.5 Å². The topological polar surface area (TPSA) is 64.4 Å². The first-order valence-electron chi connectivity index (χ1n) is 7.72. The predicted molar refractivity (Wildman–Crippen MR) is 95.9 cm³/mol. The Bertz CT molecular complexity index is 905. The van der Waals surface area contributed by atoms with Crippen molar-refractivity contribution in [3.05, 3.63) is 70.4 Å². The number of rotatable bonds is 5. The molecule has 0 aliphatic heterocycles. The zero-order chi connectivity index (χ0) is 17.8. The molecule has 5 nitrogen and oxygen atoms in total. The van der Waals surface area contributed by atoms with E-state index >= 15 is 0 Å². The molecular formula is C19H17ClN2O3. The van der Waals surface area contributed by atoms with Gasteiger partial charge in [-0.05, 0) is 25.1 Å². The van der Waals surface area contributed by atoms with Crippen LogP contribution in [0.2, 0.25) is 5.02 Å². The number of ether oxygens (including phenoxy) is 1. The van der Waals surface area contributed by atoms with Gasteiger partial charge in [-0.3, -0.25) is 4.79 Å². The SMILES string of the molecule is COc1ccccc1CNC(=O)c1c(-c2cccc(Cl)c2)noc1C. The predicted octanol–water partition coefficient (Wildman–Crippen LogP) is 4.24. The van der Waals surface area contributed by atoms with E-state index in [9.17, 15) is 4.79 Å². The van der Waals surface area contributed by atoms with Crippen LogP contribution in [-0.2, 0) is 6.54 Å². The number of para-hydroxylation sites is 1. The third-order valence-electron chi connectivity index (χ3n) is 3.82. The maximum atomic E-state index is 12.7. The van der Waals surface area contributed by atoms with Crippen LogP contribution in [0.15, 0.2) is 53.1 Å². The van der Waals surface area contributed by atoms with Gasteiger partial charge in [-0.1, -0.05) is 47.1 Å². The first-order chi connectivity index (χ1) is 12.1. The second kappa shape index (κ2) is 7.40. The number of carbonyl (C=O) groups is 1. The van der Waals surface area contributed by atoms with Gasteiger partial charge in [0.25, 0.3) is 5.91 Å². The minimum Gasteiger partial charge on any atom is -0.496 e. The molecule has 3 rings (SSSR count). The van der Waals surface area contributed by atoms with Gasteiger partial charge < -0.3 is 14.6 Å². The molecule has 25 heavy (non-hydrogen) atoms. The molecular weight excluding hydrogens is 340 g/mol. The number of nitrogens with one attached hydrogen (secondary N) is 1. The molecule has 0 spiro atoms. The molecule has 1 N–H and O–H groups in total. The highest BCUT2D eigenvalue weighted by molar-refractivity contribution is 6.30. The molecule has 0 radical (unpaired) electrons. The van der Waals surface area contributed by atoms with Crippen molar-refractivity contribution in [1.29, 1.82) is 0 Å². The number of hydrogen-bond donors (Lipinski definition) is 1. The number of halogens is 1. The van der Waals surface area contributed by atoms with Crippen molar-refractivity contribution in [2.45, 2.75) is 13.5 Å². The monoisotopic (exact) mass is 356 g/mol. The molecule has 2 aromatic carbocycles. The van der Waals surface area contributed by atoms with Crippen molar-refractivity contribution in [2.75, 3.05) is 7.11 Å². The number of benzene rings is 2. The summed E-state index contributed by atoms with van der Waals surface area (Å²) in [6.45, 7) is 2.04. The fourth-order valence-electron chi connectivity index (χ4n) is 2.59. The standard InChI is InChI=1S/C19H17ClN2O3/c1-12-17(18(22-25-12)13-7-5-8-15(20)10-13)19(23)21-11-14-6-3-4-9-16(14)24-2/h3-10H,11H2,1-2H3,(H,21,23). The summed E-state index contributed by atoms with van der Waals surface area (Å²) < 4.78 is 10.5. The van der Waals surface area contributed by atoms with Crippen LogP contribution in [0.4, 0.5) is 0 Å². The smallest absolute Gasteiger partial charge is 0.257 e. The molecule has 0 saturated carbocycles. The van der Waals surface area contributed by atoms with Gasteiger partial charge in [-0.15, -0.1) is 0 Å². The maximum absolute atomic E-state index is 12.7. The molecule has 0 bridgehead atoms. The van der Waals surface area contributed by atoms with Crippen LogP contribution in [0, 0.1) is 6.92 Å². The Labute approximate surface area is 150 Å². The van der Waals surface area contributed by atoms with Crippen molar-refractivity contribution in [2.24, 2.45) is 0 Å². The average Bonchev–Trinajstić information content (AvgIpc) is 3.01. The molecule has 0 aliphatic carbocycles. The van der Waals surface area contributed by atoms with Gasteiger partial charge in [0.2, 0.25) is 0 Å². The molecule has 1 aromatic heterocycles. The van der Waals surface area contributed by atoms with E-state index in [1.54, 1.807) is 32.2 Å². The van der Waals surface area contributed by atoms with Gasteiger partial charge in [0.05, 0.1) is 7.11 Å². The first kappa shape index (κ1) is 17.0. The fourth-order valence-corrected chi connectivity index (χ4v) is 2.78. The molecule has 128 valence electrons. The summed E-state index contributed by atoms with van der Waals surface area (Å²) in [6, 6.07) is 14.7. The minimum absolute atomic E-state index is 0.264. The normalized spacial score (nSPS) is 10.5. The number of aromatic nitrogens is 1. The second-order valence-corrected chi connectivity index (χ2v) is 5.90. The number of hydrogen-bond acceptors (Lipinski definition) is 4. The lowest BCUT2D eigenvalue weighted by Gasteiger charge is -2.09.